The Kier molecular flexibility index (Phi) is 4.99. The first-order chi connectivity index (χ1) is 10.5. The number of aromatic amines is 1. The summed E-state index contributed by atoms with van der Waals surface area (Å²) in [7, 11) is 3.15. The maximum absolute atomic E-state index is 11.8. The fourth-order valence-corrected chi connectivity index (χ4v) is 2.50. The molecule has 1 aromatic carbocycles. The highest BCUT2D eigenvalue weighted by atomic mass is 32.1. The van der Waals surface area contributed by atoms with E-state index in [4.69, 9.17) is 27.4 Å². The molecule has 2 rings (SSSR count). The van der Waals surface area contributed by atoms with Crippen molar-refractivity contribution in [3.8, 4) is 22.8 Å². The average molecular weight is 321 g/mol. The molecule has 0 saturated carbocycles. The van der Waals surface area contributed by atoms with Gasteiger partial charge in [0.1, 0.15) is 11.5 Å². The number of nitrogens with two attached hydrogens (primary N) is 1. The Balaban J connectivity index is 2.71. The molecule has 0 unspecified atom stereocenters. The summed E-state index contributed by atoms with van der Waals surface area (Å²) >= 11 is 5.26. The van der Waals surface area contributed by atoms with Gasteiger partial charge in [0.25, 0.3) is 5.56 Å². The van der Waals surface area contributed by atoms with Crippen LogP contribution in [0.15, 0.2) is 29.1 Å². The summed E-state index contributed by atoms with van der Waals surface area (Å²) in [6.45, 7) is 2.36. The Morgan fingerprint density at radius 1 is 1.32 bits per heavy atom. The molecule has 1 atom stereocenters. The first-order valence-electron chi connectivity index (χ1n) is 6.78. The third-order valence-electron chi connectivity index (χ3n) is 3.19. The second kappa shape index (κ2) is 6.76. The van der Waals surface area contributed by atoms with Crippen LogP contribution in [0.2, 0.25) is 0 Å². The van der Waals surface area contributed by atoms with Crippen LogP contribution in [0.4, 0.5) is 0 Å². The lowest BCUT2D eigenvalue weighted by molar-refractivity contribution is 0.395. The highest BCUT2D eigenvalue weighted by Gasteiger charge is 2.13. The zero-order valence-corrected chi connectivity index (χ0v) is 13.6. The topological polar surface area (TPSA) is 82.3 Å². The number of benzene rings is 1. The summed E-state index contributed by atoms with van der Waals surface area (Å²) < 4.78 is 12.7. The van der Waals surface area contributed by atoms with E-state index in [0.29, 0.717) is 28.5 Å². The molecule has 0 saturated heterocycles. The van der Waals surface area contributed by atoms with E-state index in [-0.39, 0.29) is 11.6 Å². The Labute approximate surface area is 133 Å². The summed E-state index contributed by atoms with van der Waals surface area (Å²) in [5.41, 5.74) is 7.03. The van der Waals surface area contributed by atoms with Crippen LogP contribution in [0.25, 0.3) is 11.3 Å². The Hall–Kier alpha value is -2.12. The van der Waals surface area contributed by atoms with Gasteiger partial charge in [0.05, 0.1) is 19.9 Å². The lowest BCUT2D eigenvalue weighted by atomic mass is 10.1. The maximum atomic E-state index is 11.8. The zero-order chi connectivity index (χ0) is 16.3. The van der Waals surface area contributed by atoms with Crippen molar-refractivity contribution in [2.45, 2.75) is 19.5 Å². The molecular formula is C15H19N3O3S. The molecule has 6 nitrogen and oxygen atoms in total. The van der Waals surface area contributed by atoms with Crippen molar-refractivity contribution in [2.24, 2.45) is 5.73 Å². The fraction of sp³-hybridized carbons (Fsp3) is 0.333. The normalized spacial score (nSPS) is 12.0. The lowest BCUT2D eigenvalue weighted by Gasteiger charge is -2.17. The molecule has 0 fully saturated rings. The highest BCUT2D eigenvalue weighted by molar-refractivity contribution is 7.71. The number of hydrogen-bond acceptors (Lipinski definition) is 5. The van der Waals surface area contributed by atoms with Gasteiger partial charge in [-0.2, -0.15) is 0 Å². The number of aromatic nitrogens is 2. The quantitative estimate of drug-likeness (QED) is 0.822. The number of hydrogen-bond donors (Lipinski definition) is 2. The minimum absolute atomic E-state index is 0.111. The van der Waals surface area contributed by atoms with Gasteiger partial charge in [-0.3, -0.25) is 9.78 Å². The van der Waals surface area contributed by atoms with Gasteiger partial charge in [-0.25, -0.2) is 0 Å². The van der Waals surface area contributed by atoms with Crippen molar-refractivity contribution >= 4 is 12.2 Å². The van der Waals surface area contributed by atoms with E-state index in [1.165, 1.54) is 6.07 Å². The third kappa shape index (κ3) is 3.37. The summed E-state index contributed by atoms with van der Waals surface area (Å²) in [6, 6.07) is 6.77. The standard InChI is InChI=1S/C15H19N3O3S/c1-9(16)8-18-12(7-14(19)17-15(18)22)11-5-4-10(20-2)6-13(11)21-3/h4-7,9H,8,16H2,1-3H3,(H,17,19,22)/t9-/m0/s1. The Bertz CT molecular complexity index is 780. The largest absolute Gasteiger partial charge is 0.497 e. The molecule has 0 amide bonds. The maximum Gasteiger partial charge on any atom is 0.252 e. The van der Waals surface area contributed by atoms with E-state index in [2.05, 4.69) is 4.98 Å². The van der Waals surface area contributed by atoms with Gasteiger partial charge in [0.2, 0.25) is 0 Å². The molecule has 0 radical (unpaired) electrons. The SMILES string of the molecule is COc1ccc(-c2cc(=O)[nH]c(=S)n2C[C@H](C)N)c(OC)c1. The zero-order valence-electron chi connectivity index (χ0n) is 12.8. The van der Waals surface area contributed by atoms with Crippen LogP contribution in [-0.4, -0.2) is 29.8 Å². The van der Waals surface area contributed by atoms with Gasteiger partial charge in [0.15, 0.2) is 4.77 Å². The Morgan fingerprint density at radius 3 is 2.64 bits per heavy atom. The van der Waals surface area contributed by atoms with Crippen LogP contribution in [-0.2, 0) is 6.54 Å². The van der Waals surface area contributed by atoms with Crippen LogP contribution in [0.3, 0.4) is 0 Å². The molecule has 1 aromatic heterocycles. The fourth-order valence-electron chi connectivity index (χ4n) is 2.22. The van der Waals surface area contributed by atoms with E-state index < -0.39 is 0 Å². The van der Waals surface area contributed by atoms with Gasteiger partial charge < -0.3 is 19.8 Å². The molecule has 2 aromatic rings. The van der Waals surface area contributed by atoms with Crippen molar-refractivity contribution < 1.29 is 9.47 Å². The van der Waals surface area contributed by atoms with Crippen LogP contribution in [0, 0.1) is 4.77 Å². The van der Waals surface area contributed by atoms with E-state index >= 15 is 0 Å². The summed E-state index contributed by atoms with van der Waals surface area (Å²) in [5, 5.41) is 0. The Morgan fingerprint density at radius 2 is 2.05 bits per heavy atom. The van der Waals surface area contributed by atoms with Crippen molar-refractivity contribution in [2.75, 3.05) is 14.2 Å². The minimum atomic E-state index is -0.265. The summed E-state index contributed by atoms with van der Waals surface area (Å²) in [6.07, 6.45) is 0. The van der Waals surface area contributed by atoms with Crippen LogP contribution in [0.1, 0.15) is 6.92 Å². The highest BCUT2D eigenvalue weighted by Crippen LogP contribution is 2.32. The summed E-state index contributed by atoms with van der Waals surface area (Å²) in [4.78, 5) is 14.4. The summed E-state index contributed by atoms with van der Waals surface area (Å²) in [5.74, 6) is 1.26. The van der Waals surface area contributed by atoms with Gasteiger partial charge in [-0.1, -0.05) is 0 Å². The molecule has 0 aliphatic heterocycles. The molecule has 0 bridgehead atoms. The number of methoxy groups -OCH3 is 2. The van der Waals surface area contributed by atoms with Gasteiger partial charge in [0, 0.05) is 30.3 Å². The number of ether oxygens (including phenoxy) is 2. The average Bonchev–Trinajstić information content (AvgIpc) is 2.48. The molecule has 3 N–H and O–H groups in total. The number of nitrogens with zero attached hydrogens (tertiary/aromatic N) is 1. The predicted octanol–water partition coefficient (Wildman–Crippen LogP) is 1.94. The second-order valence-electron chi connectivity index (χ2n) is 4.98. The molecule has 0 spiro atoms. The number of rotatable bonds is 5. The van der Waals surface area contributed by atoms with Crippen LogP contribution in [0.5, 0.6) is 11.5 Å². The minimum Gasteiger partial charge on any atom is -0.497 e. The number of H-pyrrole nitrogens is 1. The molecule has 1 heterocycles. The van der Waals surface area contributed by atoms with E-state index in [1.54, 1.807) is 30.9 Å². The van der Waals surface area contributed by atoms with Crippen molar-refractivity contribution in [1.82, 2.24) is 9.55 Å². The smallest absolute Gasteiger partial charge is 0.252 e. The van der Waals surface area contributed by atoms with Crippen molar-refractivity contribution in [3.63, 3.8) is 0 Å². The third-order valence-corrected chi connectivity index (χ3v) is 3.51. The van der Waals surface area contributed by atoms with E-state index in [0.717, 1.165) is 5.56 Å². The van der Waals surface area contributed by atoms with Gasteiger partial charge >= 0.3 is 0 Å². The van der Waals surface area contributed by atoms with Crippen molar-refractivity contribution in [3.05, 3.63) is 39.4 Å². The van der Waals surface area contributed by atoms with Crippen molar-refractivity contribution in [1.29, 1.82) is 0 Å². The molecule has 22 heavy (non-hydrogen) atoms. The molecular weight excluding hydrogens is 302 g/mol. The van der Waals surface area contributed by atoms with Gasteiger partial charge in [-0.05, 0) is 31.3 Å². The van der Waals surface area contributed by atoms with Crippen LogP contribution >= 0.6 is 12.2 Å². The first-order valence-corrected chi connectivity index (χ1v) is 7.19. The number of nitrogens with one attached hydrogen (secondary N) is 1. The molecule has 0 aliphatic carbocycles. The second-order valence-corrected chi connectivity index (χ2v) is 5.36. The van der Waals surface area contributed by atoms with E-state index in [9.17, 15) is 4.79 Å². The lowest BCUT2D eigenvalue weighted by Crippen LogP contribution is -2.25. The van der Waals surface area contributed by atoms with Crippen LogP contribution < -0.4 is 20.8 Å². The molecule has 118 valence electrons. The molecule has 0 aliphatic rings. The monoisotopic (exact) mass is 321 g/mol. The van der Waals surface area contributed by atoms with Gasteiger partial charge in [-0.15, -0.1) is 0 Å². The first kappa shape index (κ1) is 16.3. The predicted molar refractivity (Wildman–Crippen MR) is 88.1 cm³/mol. The molecule has 7 heteroatoms. The van der Waals surface area contributed by atoms with E-state index in [1.807, 2.05) is 13.0 Å².